The number of nitrogens with zero attached hydrogens (tertiary/aromatic N) is 3. The van der Waals surface area contributed by atoms with Gasteiger partial charge in [0, 0.05) is 22.8 Å². The molecule has 0 aliphatic carbocycles. The summed E-state index contributed by atoms with van der Waals surface area (Å²) in [7, 11) is 1.80. The minimum Gasteiger partial charge on any atom is -0.345 e. The smallest absolute Gasteiger partial charge is 0.251 e. The van der Waals surface area contributed by atoms with Gasteiger partial charge in [0.05, 0.1) is 17.3 Å². The second-order valence-corrected chi connectivity index (χ2v) is 8.68. The number of carbonyl (C=O) groups excluding carboxylic acids is 2. The van der Waals surface area contributed by atoms with E-state index in [0.717, 1.165) is 5.56 Å². The summed E-state index contributed by atoms with van der Waals surface area (Å²) in [5.74, 6) is 0.415. The molecule has 0 aliphatic heterocycles. The van der Waals surface area contributed by atoms with E-state index in [1.165, 1.54) is 11.8 Å². The Hall–Kier alpha value is -2.36. The lowest BCUT2D eigenvalue weighted by atomic mass is 10.1. The van der Waals surface area contributed by atoms with E-state index < -0.39 is 0 Å². The minimum absolute atomic E-state index is 0.169. The Balaban J connectivity index is 1.52. The van der Waals surface area contributed by atoms with E-state index in [0.29, 0.717) is 31.7 Å². The molecule has 2 N–H and O–H groups in total. The summed E-state index contributed by atoms with van der Waals surface area (Å²) < 4.78 is 2.47. The van der Waals surface area contributed by atoms with Gasteiger partial charge in [-0.15, -0.1) is 10.2 Å². The van der Waals surface area contributed by atoms with Crippen LogP contribution in [0, 0.1) is 6.92 Å². The molecule has 10 heteroatoms. The molecular weight excluding hydrogens is 490 g/mol. The highest BCUT2D eigenvalue weighted by atomic mass is 79.9. The van der Waals surface area contributed by atoms with Gasteiger partial charge in [0.2, 0.25) is 5.91 Å². The molecule has 0 unspecified atom stereocenters. The van der Waals surface area contributed by atoms with E-state index in [9.17, 15) is 9.59 Å². The molecule has 3 aromatic rings. The zero-order valence-corrected chi connectivity index (χ0v) is 19.4. The number of halogens is 2. The van der Waals surface area contributed by atoms with Crippen molar-refractivity contribution in [3.05, 3.63) is 68.9 Å². The highest BCUT2D eigenvalue weighted by molar-refractivity contribution is 9.10. The molecule has 0 radical (unpaired) electrons. The maximum Gasteiger partial charge on any atom is 0.251 e. The van der Waals surface area contributed by atoms with Gasteiger partial charge in [-0.05, 0) is 53.2 Å². The molecule has 0 saturated heterocycles. The number of amides is 2. The van der Waals surface area contributed by atoms with Crippen molar-refractivity contribution in [1.82, 2.24) is 20.1 Å². The maximum absolute atomic E-state index is 12.3. The molecule has 1 aromatic heterocycles. The molecule has 156 valence electrons. The highest BCUT2D eigenvalue weighted by Crippen LogP contribution is 2.26. The molecular formula is C20H19BrClN5O2S. The molecule has 7 nitrogen and oxygen atoms in total. The zero-order chi connectivity index (χ0) is 21.7. The summed E-state index contributed by atoms with van der Waals surface area (Å²) in [5.41, 5.74) is 2.26. The average Bonchev–Trinajstić information content (AvgIpc) is 3.07. The molecule has 0 spiro atoms. The quantitative estimate of drug-likeness (QED) is 0.467. The van der Waals surface area contributed by atoms with Gasteiger partial charge in [-0.2, -0.15) is 0 Å². The van der Waals surface area contributed by atoms with Crippen molar-refractivity contribution < 1.29 is 9.59 Å². The van der Waals surface area contributed by atoms with Crippen LogP contribution >= 0.6 is 39.3 Å². The number of aryl methyl sites for hydroxylation is 1. The van der Waals surface area contributed by atoms with Crippen molar-refractivity contribution in [3.8, 4) is 0 Å². The first-order valence-corrected chi connectivity index (χ1v) is 11.1. The molecule has 1 heterocycles. The fourth-order valence-electron chi connectivity index (χ4n) is 2.57. The number of hydrogen-bond acceptors (Lipinski definition) is 5. The lowest BCUT2D eigenvalue weighted by molar-refractivity contribution is -0.113. The van der Waals surface area contributed by atoms with Crippen molar-refractivity contribution in [3.63, 3.8) is 0 Å². The Morgan fingerprint density at radius 3 is 2.73 bits per heavy atom. The lowest BCUT2D eigenvalue weighted by Crippen LogP contribution is -2.24. The summed E-state index contributed by atoms with van der Waals surface area (Å²) in [4.78, 5) is 24.5. The van der Waals surface area contributed by atoms with Crippen molar-refractivity contribution in [2.45, 2.75) is 18.6 Å². The monoisotopic (exact) mass is 507 g/mol. The molecule has 0 saturated carbocycles. The third-order valence-electron chi connectivity index (χ3n) is 4.15. The first-order chi connectivity index (χ1) is 14.3. The number of nitrogens with one attached hydrogen (secondary N) is 2. The van der Waals surface area contributed by atoms with Crippen LogP contribution in [0.3, 0.4) is 0 Å². The Bertz CT molecular complexity index is 1090. The van der Waals surface area contributed by atoms with Gasteiger partial charge in [-0.1, -0.05) is 41.1 Å². The first-order valence-electron chi connectivity index (χ1n) is 8.94. The van der Waals surface area contributed by atoms with Crippen LogP contribution in [0.25, 0.3) is 0 Å². The van der Waals surface area contributed by atoms with E-state index in [4.69, 9.17) is 11.6 Å². The normalized spacial score (nSPS) is 10.7. The maximum atomic E-state index is 12.3. The van der Waals surface area contributed by atoms with Gasteiger partial charge in [-0.3, -0.25) is 9.59 Å². The van der Waals surface area contributed by atoms with Crippen LogP contribution in [0.15, 0.2) is 52.1 Å². The topological polar surface area (TPSA) is 88.9 Å². The largest absolute Gasteiger partial charge is 0.345 e. The van der Waals surface area contributed by atoms with E-state index >= 15 is 0 Å². The second-order valence-electron chi connectivity index (χ2n) is 6.48. The van der Waals surface area contributed by atoms with Crippen molar-refractivity contribution in [2.75, 3.05) is 11.1 Å². The third kappa shape index (κ3) is 5.84. The summed E-state index contributed by atoms with van der Waals surface area (Å²) in [6.45, 7) is 2.17. The van der Waals surface area contributed by atoms with Gasteiger partial charge in [0.25, 0.3) is 5.91 Å². The molecule has 0 aliphatic rings. The lowest BCUT2D eigenvalue weighted by Gasteiger charge is -2.07. The number of anilines is 1. The number of carbonyl (C=O) groups is 2. The van der Waals surface area contributed by atoms with E-state index in [-0.39, 0.29) is 24.1 Å². The molecule has 0 fully saturated rings. The predicted molar refractivity (Wildman–Crippen MR) is 122 cm³/mol. The van der Waals surface area contributed by atoms with Crippen molar-refractivity contribution in [1.29, 1.82) is 0 Å². The molecule has 3 rings (SSSR count). The summed E-state index contributed by atoms with van der Waals surface area (Å²) in [6, 6.07) is 12.5. The molecule has 30 heavy (non-hydrogen) atoms. The SMILES string of the molecule is Cc1cccc(C(=O)NCc2nnc(SCC(=O)Nc3ccc(Cl)c(Br)c3)n2C)c1. The molecule has 2 amide bonds. The average molecular weight is 509 g/mol. The van der Waals surface area contributed by atoms with Crippen LogP contribution in [0.2, 0.25) is 5.02 Å². The number of aromatic nitrogens is 3. The fraction of sp³-hybridized carbons (Fsp3) is 0.200. The van der Waals surface area contributed by atoms with Crippen molar-refractivity contribution in [2.24, 2.45) is 7.05 Å². The van der Waals surface area contributed by atoms with Gasteiger partial charge < -0.3 is 15.2 Å². The second kappa shape index (κ2) is 10.1. The Labute approximate surface area is 191 Å². The predicted octanol–water partition coefficient (Wildman–Crippen LogP) is 4.20. The van der Waals surface area contributed by atoms with Crippen LogP contribution in [0.1, 0.15) is 21.7 Å². The van der Waals surface area contributed by atoms with Gasteiger partial charge >= 0.3 is 0 Å². The van der Waals surface area contributed by atoms with Crippen LogP contribution in [-0.2, 0) is 18.4 Å². The Morgan fingerprint density at radius 2 is 2.00 bits per heavy atom. The third-order valence-corrected chi connectivity index (χ3v) is 6.38. The van der Waals surface area contributed by atoms with Crippen LogP contribution < -0.4 is 10.6 Å². The summed E-state index contributed by atoms with van der Waals surface area (Å²) >= 11 is 10.5. The van der Waals surface area contributed by atoms with Gasteiger partial charge in [-0.25, -0.2) is 0 Å². The van der Waals surface area contributed by atoms with Crippen molar-refractivity contribution >= 4 is 56.8 Å². The zero-order valence-electron chi connectivity index (χ0n) is 16.3. The minimum atomic E-state index is -0.176. The number of rotatable bonds is 7. The fourth-order valence-corrected chi connectivity index (χ4v) is 3.80. The standard InChI is InChI=1S/C20H19BrClN5O2S/c1-12-4-3-5-13(8-12)19(29)23-10-17-25-26-20(27(17)2)30-11-18(28)24-14-6-7-16(22)15(21)9-14/h3-9H,10-11H2,1-2H3,(H,23,29)(H,24,28). The van der Waals surface area contributed by atoms with E-state index in [1.807, 2.05) is 25.1 Å². The molecule has 0 atom stereocenters. The Kier molecular flexibility index (Phi) is 7.52. The van der Waals surface area contributed by atoms with Crippen LogP contribution in [0.5, 0.6) is 0 Å². The summed E-state index contributed by atoms with van der Waals surface area (Å²) in [5, 5.41) is 15.0. The summed E-state index contributed by atoms with van der Waals surface area (Å²) in [6.07, 6.45) is 0. The number of thioether (sulfide) groups is 1. The van der Waals surface area contributed by atoms with Gasteiger partial charge in [0.1, 0.15) is 0 Å². The van der Waals surface area contributed by atoms with Crippen LogP contribution in [-0.4, -0.2) is 32.3 Å². The first kappa shape index (κ1) is 22.3. The number of hydrogen-bond donors (Lipinski definition) is 2. The number of benzene rings is 2. The van der Waals surface area contributed by atoms with Crippen LogP contribution in [0.4, 0.5) is 5.69 Å². The van der Waals surface area contributed by atoms with Gasteiger partial charge in [0.15, 0.2) is 11.0 Å². The van der Waals surface area contributed by atoms with E-state index in [2.05, 4.69) is 36.8 Å². The highest BCUT2D eigenvalue weighted by Gasteiger charge is 2.13. The Morgan fingerprint density at radius 1 is 1.20 bits per heavy atom. The molecule has 0 bridgehead atoms. The van der Waals surface area contributed by atoms with E-state index in [1.54, 1.807) is 35.9 Å². The molecule has 2 aromatic carbocycles.